The number of carbonyl (C=O) groups excluding carboxylic acids is 1. The van der Waals surface area contributed by atoms with Crippen molar-refractivity contribution in [1.82, 2.24) is 9.97 Å². The third-order valence-electron chi connectivity index (χ3n) is 3.43. The van der Waals surface area contributed by atoms with E-state index >= 15 is 0 Å². The van der Waals surface area contributed by atoms with Crippen molar-refractivity contribution >= 4 is 29.1 Å². The van der Waals surface area contributed by atoms with Gasteiger partial charge in [0, 0.05) is 6.20 Å². The topological polar surface area (TPSA) is 80.0 Å². The van der Waals surface area contributed by atoms with Gasteiger partial charge in [0.1, 0.15) is 11.5 Å². The first kappa shape index (κ1) is 18.7. The highest BCUT2D eigenvalue weighted by Crippen LogP contribution is 2.33. The zero-order valence-corrected chi connectivity index (χ0v) is 14.3. The molecule has 0 aliphatic carbocycles. The number of halogens is 4. The molecule has 0 saturated heterocycles. The van der Waals surface area contributed by atoms with Crippen molar-refractivity contribution in [3.63, 3.8) is 0 Å². The molecule has 3 aromatic rings. The molecule has 2 aromatic heterocycles. The standard InChI is InChI=1S/C17H12ClF3N4O2/c18-12-4-3-10(17(19,20)21)8-14(12)24-15(26)13-5-6-22-16(25-13)23-9-11-2-1-7-27-11/h1-8H,9H2,(H,24,26)(H,22,23,25). The molecule has 0 fully saturated rings. The highest BCUT2D eigenvalue weighted by molar-refractivity contribution is 6.33. The minimum Gasteiger partial charge on any atom is -0.467 e. The summed E-state index contributed by atoms with van der Waals surface area (Å²) in [5.41, 5.74) is -1.13. The molecule has 0 saturated carbocycles. The van der Waals surface area contributed by atoms with Crippen LogP contribution in [0, 0.1) is 0 Å². The molecule has 27 heavy (non-hydrogen) atoms. The Bertz CT molecular complexity index is 946. The maximum atomic E-state index is 12.8. The van der Waals surface area contributed by atoms with E-state index in [1.54, 1.807) is 12.1 Å². The second-order valence-electron chi connectivity index (χ2n) is 5.34. The number of nitrogens with zero attached hydrogens (tertiary/aromatic N) is 2. The molecular weight excluding hydrogens is 385 g/mol. The number of hydrogen-bond acceptors (Lipinski definition) is 5. The number of hydrogen-bond donors (Lipinski definition) is 2. The lowest BCUT2D eigenvalue weighted by Crippen LogP contribution is -2.16. The van der Waals surface area contributed by atoms with E-state index in [0.717, 1.165) is 18.2 Å². The van der Waals surface area contributed by atoms with Crippen molar-refractivity contribution in [3.8, 4) is 0 Å². The van der Waals surface area contributed by atoms with E-state index in [-0.39, 0.29) is 22.4 Å². The highest BCUT2D eigenvalue weighted by atomic mass is 35.5. The summed E-state index contributed by atoms with van der Waals surface area (Å²) in [6.45, 7) is 0.303. The maximum absolute atomic E-state index is 12.8. The summed E-state index contributed by atoms with van der Waals surface area (Å²) in [6.07, 6.45) is -1.69. The van der Waals surface area contributed by atoms with Crippen molar-refractivity contribution in [2.75, 3.05) is 10.6 Å². The van der Waals surface area contributed by atoms with Crippen molar-refractivity contribution in [2.45, 2.75) is 12.7 Å². The van der Waals surface area contributed by atoms with Crippen LogP contribution in [-0.2, 0) is 12.7 Å². The quantitative estimate of drug-likeness (QED) is 0.658. The number of alkyl halides is 3. The van der Waals surface area contributed by atoms with Crippen molar-refractivity contribution in [3.05, 3.63) is 70.9 Å². The van der Waals surface area contributed by atoms with E-state index in [4.69, 9.17) is 16.0 Å². The van der Waals surface area contributed by atoms with Crippen LogP contribution in [0.2, 0.25) is 5.02 Å². The lowest BCUT2D eigenvalue weighted by molar-refractivity contribution is -0.137. The van der Waals surface area contributed by atoms with Gasteiger partial charge < -0.3 is 15.1 Å². The molecule has 0 radical (unpaired) electrons. The van der Waals surface area contributed by atoms with Crippen LogP contribution in [0.5, 0.6) is 0 Å². The van der Waals surface area contributed by atoms with E-state index in [1.807, 2.05) is 0 Å². The fourth-order valence-electron chi connectivity index (χ4n) is 2.13. The van der Waals surface area contributed by atoms with Crippen molar-refractivity contribution in [2.24, 2.45) is 0 Å². The van der Waals surface area contributed by atoms with Gasteiger partial charge >= 0.3 is 6.18 Å². The van der Waals surface area contributed by atoms with Crippen LogP contribution in [0.25, 0.3) is 0 Å². The molecule has 0 aliphatic rings. The Morgan fingerprint density at radius 2 is 2.04 bits per heavy atom. The molecule has 3 rings (SSSR count). The first-order chi connectivity index (χ1) is 12.8. The molecule has 0 spiro atoms. The summed E-state index contributed by atoms with van der Waals surface area (Å²) >= 11 is 5.88. The predicted molar refractivity (Wildman–Crippen MR) is 92.5 cm³/mol. The average Bonchev–Trinajstić information content (AvgIpc) is 3.14. The lowest BCUT2D eigenvalue weighted by Gasteiger charge is -2.11. The zero-order chi connectivity index (χ0) is 19.4. The van der Waals surface area contributed by atoms with Gasteiger partial charge in [-0.3, -0.25) is 4.79 Å². The van der Waals surface area contributed by atoms with E-state index in [0.29, 0.717) is 12.3 Å². The summed E-state index contributed by atoms with van der Waals surface area (Å²) < 4.78 is 43.6. The monoisotopic (exact) mass is 396 g/mol. The second kappa shape index (κ2) is 7.67. The van der Waals surface area contributed by atoms with Gasteiger partial charge in [0.05, 0.1) is 29.1 Å². The lowest BCUT2D eigenvalue weighted by atomic mass is 10.2. The van der Waals surface area contributed by atoms with Crippen LogP contribution in [0.15, 0.2) is 53.3 Å². The molecule has 0 bridgehead atoms. The Balaban J connectivity index is 1.74. The molecule has 140 valence electrons. The zero-order valence-electron chi connectivity index (χ0n) is 13.5. The summed E-state index contributed by atoms with van der Waals surface area (Å²) in [6, 6.07) is 7.46. The van der Waals surface area contributed by atoms with Gasteiger partial charge in [0.15, 0.2) is 0 Å². The van der Waals surface area contributed by atoms with Crippen LogP contribution in [0.4, 0.5) is 24.8 Å². The Labute approximate surface area is 156 Å². The number of aromatic nitrogens is 2. The van der Waals surface area contributed by atoms with Crippen LogP contribution in [0.3, 0.4) is 0 Å². The van der Waals surface area contributed by atoms with E-state index in [2.05, 4.69) is 20.6 Å². The minimum absolute atomic E-state index is 0.0263. The Morgan fingerprint density at radius 3 is 2.74 bits per heavy atom. The molecule has 1 aromatic carbocycles. The number of nitrogens with one attached hydrogen (secondary N) is 2. The molecule has 2 N–H and O–H groups in total. The minimum atomic E-state index is -4.55. The van der Waals surface area contributed by atoms with Gasteiger partial charge in [-0.2, -0.15) is 13.2 Å². The van der Waals surface area contributed by atoms with Gasteiger partial charge in [-0.05, 0) is 36.4 Å². The summed E-state index contributed by atoms with van der Waals surface area (Å²) in [5.74, 6) is 0.0815. The molecular formula is C17H12ClF3N4O2. The molecule has 0 atom stereocenters. The molecule has 0 unspecified atom stereocenters. The van der Waals surface area contributed by atoms with E-state index in [9.17, 15) is 18.0 Å². The smallest absolute Gasteiger partial charge is 0.416 e. The average molecular weight is 397 g/mol. The SMILES string of the molecule is O=C(Nc1cc(C(F)(F)F)ccc1Cl)c1ccnc(NCc2ccco2)n1. The Hall–Kier alpha value is -3.07. The fourth-order valence-corrected chi connectivity index (χ4v) is 2.30. The van der Waals surface area contributed by atoms with Gasteiger partial charge in [-0.15, -0.1) is 0 Å². The second-order valence-corrected chi connectivity index (χ2v) is 5.75. The predicted octanol–water partition coefficient (Wildman–Crippen LogP) is 4.61. The molecule has 6 nitrogen and oxygen atoms in total. The summed E-state index contributed by atoms with van der Waals surface area (Å²) in [5, 5.41) is 5.18. The van der Waals surface area contributed by atoms with Crippen LogP contribution >= 0.6 is 11.6 Å². The largest absolute Gasteiger partial charge is 0.467 e. The number of amides is 1. The van der Waals surface area contributed by atoms with Gasteiger partial charge in [-0.25, -0.2) is 9.97 Å². The van der Waals surface area contributed by atoms with E-state index in [1.165, 1.54) is 18.5 Å². The number of furan rings is 1. The number of anilines is 2. The summed E-state index contributed by atoms with van der Waals surface area (Å²) in [7, 11) is 0. The highest BCUT2D eigenvalue weighted by Gasteiger charge is 2.31. The fraction of sp³-hybridized carbons (Fsp3) is 0.118. The van der Waals surface area contributed by atoms with Crippen LogP contribution in [-0.4, -0.2) is 15.9 Å². The van der Waals surface area contributed by atoms with Gasteiger partial charge in [-0.1, -0.05) is 11.6 Å². The molecule has 10 heteroatoms. The van der Waals surface area contributed by atoms with Crippen molar-refractivity contribution in [1.29, 1.82) is 0 Å². The van der Waals surface area contributed by atoms with Crippen molar-refractivity contribution < 1.29 is 22.4 Å². The summed E-state index contributed by atoms with van der Waals surface area (Å²) in [4.78, 5) is 20.3. The number of carbonyl (C=O) groups is 1. The normalized spacial score (nSPS) is 11.3. The van der Waals surface area contributed by atoms with Gasteiger partial charge in [0.25, 0.3) is 5.91 Å². The third-order valence-corrected chi connectivity index (χ3v) is 3.76. The number of rotatable bonds is 5. The van der Waals surface area contributed by atoms with E-state index < -0.39 is 17.6 Å². The Kier molecular flexibility index (Phi) is 5.31. The Morgan fingerprint density at radius 1 is 1.22 bits per heavy atom. The first-order valence-electron chi connectivity index (χ1n) is 7.60. The van der Waals surface area contributed by atoms with Gasteiger partial charge in [0.2, 0.25) is 5.95 Å². The molecule has 0 aliphatic heterocycles. The molecule has 1 amide bonds. The first-order valence-corrected chi connectivity index (χ1v) is 7.98. The number of benzene rings is 1. The van der Waals surface area contributed by atoms with Crippen LogP contribution in [0.1, 0.15) is 21.8 Å². The van der Waals surface area contributed by atoms with Crippen LogP contribution < -0.4 is 10.6 Å². The third kappa shape index (κ3) is 4.76. The molecule has 2 heterocycles. The maximum Gasteiger partial charge on any atom is 0.416 e.